The van der Waals surface area contributed by atoms with E-state index in [4.69, 9.17) is 0 Å². The average molecular weight is 522 g/mol. The van der Waals surface area contributed by atoms with Crippen molar-refractivity contribution in [2.24, 2.45) is 4.99 Å². The highest BCUT2D eigenvalue weighted by Crippen LogP contribution is 2.18. The van der Waals surface area contributed by atoms with Crippen LogP contribution < -0.4 is 10.6 Å². The molecule has 0 aliphatic heterocycles. The van der Waals surface area contributed by atoms with Gasteiger partial charge >= 0.3 is 0 Å². The van der Waals surface area contributed by atoms with Gasteiger partial charge < -0.3 is 10.6 Å². The van der Waals surface area contributed by atoms with Gasteiger partial charge in [-0.2, -0.15) is 11.8 Å². The van der Waals surface area contributed by atoms with Crippen LogP contribution in [0.15, 0.2) is 23.2 Å². The molecule has 1 aromatic heterocycles. The first-order valence-electron chi connectivity index (χ1n) is 8.74. The quantitative estimate of drug-likeness (QED) is 0.301. The van der Waals surface area contributed by atoms with E-state index < -0.39 is 0 Å². The first kappa shape index (κ1) is 24.2. The number of benzene rings is 1. The third-order valence-corrected chi connectivity index (χ3v) is 5.60. The van der Waals surface area contributed by atoms with E-state index in [1.807, 2.05) is 26.2 Å². The first-order chi connectivity index (χ1) is 12.5. The smallest absolute Gasteiger partial charge is 0.191 e. The standard InChI is InChI=1S/C19H27FN4S2.HI/c1-5-21-19(22-9-8-18-13(2)24-14(3)26-18)23-11-15-6-7-17(20)10-16(15)12-25-4;/h6-7,10H,5,8-9,11-12H2,1-4H3,(H2,21,22,23);1H. The highest BCUT2D eigenvalue weighted by Gasteiger charge is 2.07. The SMILES string of the molecule is CCNC(=NCc1ccc(F)cc1CSC)NCCc1sc(C)nc1C.I. The third kappa shape index (κ3) is 7.95. The highest BCUT2D eigenvalue weighted by molar-refractivity contribution is 14.0. The normalized spacial score (nSPS) is 11.2. The lowest BCUT2D eigenvalue weighted by Gasteiger charge is -2.12. The number of thioether (sulfide) groups is 1. The number of hydrogen-bond acceptors (Lipinski definition) is 4. The minimum atomic E-state index is -0.193. The van der Waals surface area contributed by atoms with Crippen LogP contribution in [-0.4, -0.2) is 30.3 Å². The molecule has 27 heavy (non-hydrogen) atoms. The van der Waals surface area contributed by atoms with Gasteiger partial charge in [-0.15, -0.1) is 35.3 Å². The van der Waals surface area contributed by atoms with Gasteiger partial charge in [-0.1, -0.05) is 6.07 Å². The second-order valence-corrected chi connectivity index (χ2v) is 8.11. The maximum atomic E-state index is 13.5. The van der Waals surface area contributed by atoms with E-state index in [0.29, 0.717) is 6.54 Å². The Kier molecular flexibility index (Phi) is 11.2. The molecule has 4 nitrogen and oxygen atoms in total. The molecule has 0 unspecified atom stereocenters. The van der Waals surface area contributed by atoms with Crippen LogP contribution in [0.3, 0.4) is 0 Å². The van der Waals surface area contributed by atoms with Crippen molar-refractivity contribution in [1.82, 2.24) is 15.6 Å². The summed E-state index contributed by atoms with van der Waals surface area (Å²) in [6.07, 6.45) is 2.95. The number of nitrogens with zero attached hydrogens (tertiary/aromatic N) is 2. The lowest BCUT2D eigenvalue weighted by Crippen LogP contribution is -2.38. The maximum Gasteiger partial charge on any atom is 0.191 e. The van der Waals surface area contributed by atoms with Crippen LogP contribution in [0.1, 0.15) is 33.6 Å². The van der Waals surface area contributed by atoms with E-state index in [0.717, 1.165) is 53.1 Å². The van der Waals surface area contributed by atoms with Crippen LogP contribution in [0, 0.1) is 19.7 Å². The predicted molar refractivity (Wildman–Crippen MR) is 127 cm³/mol. The van der Waals surface area contributed by atoms with Crippen LogP contribution in [0.2, 0.25) is 0 Å². The molecule has 2 N–H and O–H groups in total. The van der Waals surface area contributed by atoms with E-state index in [-0.39, 0.29) is 29.8 Å². The largest absolute Gasteiger partial charge is 0.357 e. The number of halogens is 2. The van der Waals surface area contributed by atoms with Gasteiger partial charge in [0.25, 0.3) is 0 Å². The Hall–Kier alpha value is -0.870. The number of nitrogens with one attached hydrogen (secondary N) is 2. The summed E-state index contributed by atoms with van der Waals surface area (Å²) in [4.78, 5) is 10.4. The molecular formula is C19H28FIN4S2. The summed E-state index contributed by atoms with van der Waals surface area (Å²) in [7, 11) is 0. The monoisotopic (exact) mass is 522 g/mol. The lowest BCUT2D eigenvalue weighted by molar-refractivity contribution is 0.625. The summed E-state index contributed by atoms with van der Waals surface area (Å²) in [5.74, 6) is 1.38. The molecule has 0 amide bonds. The molecule has 150 valence electrons. The summed E-state index contributed by atoms with van der Waals surface area (Å²) in [5.41, 5.74) is 3.18. The van der Waals surface area contributed by atoms with Gasteiger partial charge in [0.1, 0.15) is 5.82 Å². The van der Waals surface area contributed by atoms with Crippen molar-refractivity contribution in [1.29, 1.82) is 0 Å². The van der Waals surface area contributed by atoms with Crippen LogP contribution in [0.4, 0.5) is 4.39 Å². The van der Waals surface area contributed by atoms with Crippen LogP contribution in [0.25, 0.3) is 0 Å². The molecule has 0 bridgehead atoms. The lowest BCUT2D eigenvalue weighted by atomic mass is 10.1. The van der Waals surface area contributed by atoms with Crippen molar-refractivity contribution in [2.45, 2.75) is 39.5 Å². The van der Waals surface area contributed by atoms with Gasteiger partial charge in [0.05, 0.1) is 17.2 Å². The van der Waals surface area contributed by atoms with E-state index in [1.165, 1.54) is 10.9 Å². The Labute approximate surface area is 186 Å². The van der Waals surface area contributed by atoms with Crippen molar-refractivity contribution in [3.63, 3.8) is 0 Å². The first-order valence-corrected chi connectivity index (χ1v) is 11.0. The number of rotatable bonds is 8. The van der Waals surface area contributed by atoms with Crippen LogP contribution in [-0.2, 0) is 18.7 Å². The van der Waals surface area contributed by atoms with Gasteiger partial charge in [-0.05, 0) is 50.3 Å². The Balaban J connectivity index is 0.00000364. The summed E-state index contributed by atoms with van der Waals surface area (Å²) >= 11 is 3.43. The summed E-state index contributed by atoms with van der Waals surface area (Å²) in [5, 5.41) is 7.75. The van der Waals surface area contributed by atoms with E-state index in [1.54, 1.807) is 29.2 Å². The number of aromatic nitrogens is 1. The number of thiazole rings is 1. The Morgan fingerprint density at radius 1 is 1.26 bits per heavy atom. The zero-order valence-corrected chi connectivity index (χ0v) is 20.2. The number of hydrogen-bond donors (Lipinski definition) is 2. The van der Waals surface area contributed by atoms with E-state index in [9.17, 15) is 4.39 Å². The van der Waals surface area contributed by atoms with Crippen molar-refractivity contribution in [3.05, 3.63) is 50.7 Å². The van der Waals surface area contributed by atoms with Crippen LogP contribution >= 0.6 is 47.1 Å². The molecule has 0 saturated carbocycles. The second kappa shape index (κ2) is 12.6. The molecule has 2 rings (SSSR count). The molecule has 2 aromatic rings. The molecule has 0 fully saturated rings. The second-order valence-electron chi connectivity index (χ2n) is 5.96. The highest BCUT2D eigenvalue weighted by atomic mass is 127. The zero-order valence-electron chi connectivity index (χ0n) is 16.3. The number of aryl methyl sites for hydroxylation is 2. The summed E-state index contributed by atoms with van der Waals surface area (Å²) < 4.78 is 13.5. The molecule has 0 saturated heterocycles. The molecule has 1 aromatic carbocycles. The minimum Gasteiger partial charge on any atom is -0.357 e. The molecule has 0 aliphatic rings. The van der Waals surface area contributed by atoms with Crippen molar-refractivity contribution >= 4 is 53.0 Å². The Morgan fingerprint density at radius 3 is 2.67 bits per heavy atom. The topological polar surface area (TPSA) is 49.3 Å². The van der Waals surface area contributed by atoms with Gasteiger partial charge in [0, 0.05) is 30.1 Å². The average Bonchev–Trinajstić information content (AvgIpc) is 2.92. The molecule has 8 heteroatoms. The van der Waals surface area contributed by atoms with Crippen molar-refractivity contribution in [2.75, 3.05) is 19.3 Å². The summed E-state index contributed by atoms with van der Waals surface area (Å²) in [6.45, 7) is 8.27. The minimum absolute atomic E-state index is 0. The van der Waals surface area contributed by atoms with E-state index in [2.05, 4.69) is 27.5 Å². The number of guanidine groups is 1. The maximum absolute atomic E-state index is 13.5. The van der Waals surface area contributed by atoms with Gasteiger partial charge in [-0.25, -0.2) is 14.4 Å². The Bertz CT molecular complexity index is 749. The fraction of sp³-hybridized carbons (Fsp3) is 0.474. The zero-order chi connectivity index (χ0) is 18.9. The predicted octanol–water partition coefficient (Wildman–Crippen LogP) is 4.68. The fourth-order valence-corrected chi connectivity index (χ4v) is 4.16. The summed E-state index contributed by atoms with van der Waals surface area (Å²) in [6, 6.07) is 4.94. The molecule has 0 aliphatic carbocycles. The Morgan fingerprint density at radius 2 is 2.04 bits per heavy atom. The molecular weight excluding hydrogens is 494 g/mol. The van der Waals surface area contributed by atoms with Crippen molar-refractivity contribution in [3.8, 4) is 0 Å². The van der Waals surface area contributed by atoms with Gasteiger partial charge in [-0.3, -0.25) is 0 Å². The molecule has 0 spiro atoms. The fourth-order valence-electron chi connectivity index (χ4n) is 2.64. The van der Waals surface area contributed by atoms with Crippen molar-refractivity contribution < 1.29 is 4.39 Å². The number of aliphatic imine (C=N–C) groups is 1. The van der Waals surface area contributed by atoms with Gasteiger partial charge in [0.2, 0.25) is 0 Å². The van der Waals surface area contributed by atoms with Gasteiger partial charge in [0.15, 0.2) is 5.96 Å². The van der Waals surface area contributed by atoms with Crippen LogP contribution in [0.5, 0.6) is 0 Å². The third-order valence-electron chi connectivity index (χ3n) is 3.86. The molecule has 1 heterocycles. The molecule has 0 atom stereocenters. The molecule has 0 radical (unpaired) electrons. The van der Waals surface area contributed by atoms with E-state index >= 15 is 0 Å².